The van der Waals surface area contributed by atoms with E-state index in [2.05, 4.69) is 27.7 Å². The SMILES string of the molecule is CC1(C)CC(C(O)C23CC4CC(CC(C4)C2)C3)C(C)(C)O1. The Labute approximate surface area is 129 Å². The Bertz CT molecular complexity index is 402. The largest absolute Gasteiger partial charge is 0.392 e. The molecule has 5 rings (SSSR count). The van der Waals surface area contributed by atoms with Crippen LogP contribution in [0.5, 0.6) is 0 Å². The standard InChI is InChI=1S/C19H32O2/c1-17(2)11-15(18(3,4)21-17)16(20)19-8-12-5-13(9-19)7-14(6-12)10-19/h12-16,20H,5-11H2,1-4H3. The number of hydrogen-bond acceptors (Lipinski definition) is 2. The van der Waals surface area contributed by atoms with Gasteiger partial charge in [0, 0.05) is 5.92 Å². The van der Waals surface area contributed by atoms with Gasteiger partial charge in [0.15, 0.2) is 0 Å². The first-order valence-electron chi connectivity index (χ1n) is 9.07. The highest BCUT2D eigenvalue weighted by atomic mass is 16.5. The Hall–Kier alpha value is -0.0800. The van der Waals surface area contributed by atoms with Gasteiger partial charge in [-0.05, 0) is 95.8 Å². The summed E-state index contributed by atoms with van der Waals surface area (Å²) in [6.07, 6.45) is 9.03. The summed E-state index contributed by atoms with van der Waals surface area (Å²) in [5, 5.41) is 11.4. The molecule has 4 aliphatic carbocycles. The van der Waals surface area contributed by atoms with Crippen molar-refractivity contribution in [3.63, 3.8) is 0 Å². The van der Waals surface area contributed by atoms with E-state index in [9.17, 15) is 5.11 Å². The molecule has 0 radical (unpaired) electrons. The molecule has 2 atom stereocenters. The second-order valence-electron chi connectivity index (χ2n) is 10.0. The second kappa shape index (κ2) is 4.26. The Morgan fingerprint density at radius 1 is 0.857 bits per heavy atom. The van der Waals surface area contributed by atoms with Crippen LogP contribution in [0.25, 0.3) is 0 Å². The minimum absolute atomic E-state index is 0.0859. The third-order valence-electron chi connectivity index (χ3n) is 7.24. The molecule has 1 saturated heterocycles. The fourth-order valence-corrected chi connectivity index (χ4v) is 7.06. The third-order valence-corrected chi connectivity index (χ3v) is 7.24. The van der Waals surface area contributed by atoms with Crippen molar-refractivity contribution in [3.8, 4) is 0 Å². The normalized spacial score (nSPS) is 51.3. The minimum Gasteiger partial charge on any atom is -0.392 e. The molecule has 5 aliphatic rings. The van der Waals surface area contributed by atoms with Crippen LogP contribution in [0.4, 0.5) is 0 Å². The molecule has 2 nitrogen and oxygen atoms in total. The van der Waals surface area contributed by atoms with Crippen LogP contribution in [0.3, 0.4) is 0 Å². The van der Waals surface area contributed by atoms with Gasteiger partial charge in [0.1, 0.15) is 0 Å². The maximum Gasteiger partial charge on any atom is 0.0687 e. The van der Waals surface area contributed by atoms with E-state index in [0.717, 1.165) is 24.2 Å². The Morgan fingerprint density at radius 2 is 1.33 bits per heavy atom. The molecule has 0 aromatic carbocycles. The van der Waals surface area contributed by atoms with E-state index in [1.165, 1.54) is 38.5 Å². The van der Waals surface area contributed by atoms with Crippen molar-refractivity contribution in [3.05, 3.63) is 0 Å². The number of hydrogen-bond donors (Lipinski definition) is 1. The summed E-state index contributed by atoms with van der Waals surface area (Å²) in [5.41, 5.74) is -0.0514. The van der Waals surface area contributed by atoms with E-state index in [1.807, 2.05) is 0 Å². The van der Waals surface area contributed by atoms with Crippen LogP contribution in [0.1, 0.15) is 72.6 Å². The van der Waals surface area contributed by atoms with Crippen molar-refractivity contribution in [2.75, 3.05) is 0 Å². The molecule has 1 aliphatic heterocycles. The van der Waals surface area contributed by atoms with Crippen molar-refractivity contribution in [2.45, 2.75) is 89.9 Å². The van der Waals surface area contributed by atoms with Gasteiger partial charge < -0.3 is 9.84 Å². The number of rotatable bonds is 2. The molecule has 1 heterocycles. The first-order valence-corrected chi connectivity index (χ1v) is 9.07. The van der Waals surface area contributed by atoms with Gasteiger partial charge in [-0.25, -0.2) is 0 Å². The maximum atomic E-state index is 11.4. The Morgan fingerprint density at radius 3 is 1.71 bits per heavy atom. The molecule has 2 heteroatoms. The number of aliphatic hydroxyl groups is 1. The molecule has 4 saturated carbocycles. The lowest BCUT2D eigenvalue weighted by Gasteiger charge is -2.59. The van der Waals surface area contributed by atoms with Gasteiger partial charge in [-0.2, -0.15) is 0 Å². The van der Waals surface area contributed by atoms with E-state index >= 15 is 0 Å². The topological polar surface area (TPSA) is 29.5 Å². The van der Waals surface area contributed by atoms with Crippen molar-refractivity contribution in [2.24, 2.45) is 29.1 Å². The van der Waals surface area contributed by atoms with Gasteiger partial charge in [0.2, 0.25) is 0 Å². The summed E-state index contributed by atoms with van der Waals surface area (Å²) in [6, 6.07) is 0. The molecular weight excluding hydrogens is 260 g/mol. The predicted octanol–water partition coefficient (Wildman–Crippen LogP) is 4.16. The van der Waals surface area contributed by atoms with E-state index in [0.29, 0.717) is 5.92 Å². The molecular formula is C19H32O2. The lowest BCUT2D eigenvalue weighted by atomic mass is 9.46. The molecule has 0 aromatic rings. The van der Waals surface area contributed by atoms with Crippen LogP contribution in [0.2, 0.25) is 0 Å². The van der Waals surface area contributed by atoms with E-state index in [-0.39, 0.29) is 22.7 Å². The van der Waals surface area contributed by atoms with Crippen LogP contribution in [0, 0.1) is 29.1 Å². The zero-order valence-corrected chi connectivity index (χ0v) is 14.2. The Balaban J connectivity index is 1.61. The fourth-order valence-electron chi connectivity index (χ4n) is 7.06. The van der Waals surface area contributed by atoms with Crippen molar-refractivity contribution in [1.29, 1.82) is 0 Å². The number of aliphatic hydroxyl groups excluding tert-OH is 1. The van der Waals surface area contributed by atoms with Crippen molar-refractivity contribution < 1.29 is 9.84 Å². The lowest BCUT2D eigenvalue weighted by Crippen LogP contribution is -2.55. The monoisotopic (exact) mass is 292 g/mol. The van der Waals surface area contributed by atoms with Gasteiger partial charge in [0.05, 0.1) is 17.3 Å². The molecule has 21 heavy (non-hydrogen) atoms. The van der Waals surface area contributed by atoms with E-state index in [4.69, 9.17) is 4.74 Å². The summed E-state index contributed by atoms with van der Waals surface area (Å²) in [6.45, 7) is 8.74. The highest BCUT2D eigenvalue weighted by Crippen LogP contribution is 2.63. The lowest BCUT2D eigenvalue weighted by molar-refractivity contribution is -0.159. The van der Waals surface area contributed by atoms with Gasteiger partial charge in [-0.3, -0.25) is 0 Å². The van der Waals surface area contributed by atoms with Crippen molar-refractivity contribution in [1.82, 2.24) is 0 Å². The molecule has 4 bridgehead atoms. The molecule has 0 amide bonds. The number of ether oxygens (including phenoxy) is 1. The van der Waals surface area contributed by atoms with E-state index < -0.39 is 0 Å². The Kier molecular flexibility index (Phi) is 2.94. The van der Waals surface area contributed by atoms with Crippen LogP contribution in [0.15, 0.2) is 0 Å². The molecule has 0 spiro atoms. The fraction of sp³-hybridized carbons (Fsp3) is 1.00. The molecule has 5 fully saturated rings. The molecule has 0 aromatic heterocycles. The predicted molar refractivity (Wildman–Crippen MR) is 84.0 cm³/mol. The highest BCUT2D eigenvalue weighted by molar-refractivity contribution is 5.09. The van der Waals surface area contributed by atoms with Gasteiger partial charge in [-0.15, -0.1) is 0 Å². The van der Waals surface area contributed by atoms with E-state index in [1.54, 1.807) is 0 Å². The zero-order valence-electron chi connectivity index (χ0n) is 14.2. The maximum absolute atomic E-state index is 11.4. The van der Waals surface area contributed by atoms with Crippen LogP contribution < -0.4 is 0 Å². The van der Waals surface area contributed by atoms with Gasteiger partial charge in [0.25, 0.3) is 0 Å². The average molecular weight is 292 g/mol. The summed E-state index contributed by atoms with van der Waals surface area (Å²) >= 11 is 0. The van der Waals surface area contributed by atoms with Crippen molar-refractivity contribution >= 4 is 0 Å². The minimum atomic E-state index is -0.188. The zero-order chi connectivity index (χ0) is 15.0. The van der Waals surface area contributed by atoms with Crippen LogP contribution >= 0.6 is 0 Å². The summed E-state index contributed by atoms with van der Waals surface area (Å²) in [7, 11) is 0. The first kappa shape index (κ1) is 14.5. The second-order valence-corrected chi connectivity index (χ2v) is 10.0. The van der Waals surface area contributed by atoms with Crippen LogP contribution in [-0.2, 0) is 4.74 Å². The average Bonchev–Trinajstić information content (AvgIpc) is 2.54. The molecule has 2 unspecified atom stereocenters. The summed E-state index contributed by atoms with van der Waals surface area (Å²) in [5.74, 6) is 3.02. The van der Waals surface area contributed by atoms with Crippen LogP contribution in [-0.4, -0.2) is 22.4 Å². The first-order chi connectivity index (χ1) is 9.69. The van der Waals surface area contributed by atoms with Gasteiger partial charge >= 0.3 is 0 Å². The molecule has 120 valence electrons. The summed E-state index contributed by atoms with van der Waals surface area (Å²) in [4.78, 5) is 0. The third kappa shape index (κ3) is 2.20. The highest BCUT2D eigenvalue weighted by Gasteiger charge is 2.59. The van der Waals surface area contributed by atoms with Gasteiger partial charge in [-0.1, -0.05) is 0 Å². The smallest absolute Gasteiger partial charge is 0.0687 e. The molecule has 1 N–H and O–H groups in total. The quantitative estimate of drug-likeness (QED) is 0.828. The summed E-state index contributed by atoms with van der Waals surface area (Å²) < 4.78 is 6.27.